The summed E-state index contributed by atoms with van der Waals surface area (Å²) in [6, 6.07) is 4.30. The zero-order chi connectivity index (χ0) is 13.0. The summed E-state index contributed by atoms with van der Waals surface area (Å²) in [6.45, 7) is 4.70. The van der Waals surface area contributed by atoms with Crippen molar-refractivity contribution in [3.05, 3.63) is 22.4 Å². The highest BCUT2D eigenvalue weighted by Gasteiger charge is 2.34. The second-order valence-corrected chi connectivity index (χ2v) is 7.12. The van der Waals surface area contributed by atoms with E-state index in [0.29, 0.717) is 6.61 Å². The van der Waals surface area contributed by atoms with Gasteiger partial charge in [-0.1, -0.05) is 25.8 Å². The highest BCUT2D eigenvalue weighted by atomic mass is 32.1. The Morgan fingerprint density at radius 2 is 2.17 bits per heavy atom. The Kier molecular flexibility index (Phi) is 4.82. The number of nitrogens with zero attached hydrogens (tertiary/aromatic N) is 1. The van der Waals surface area contributed by atoms with Gasteiger partial charge < -0.3 is 10.0 Å². The maximum absolute atomic E-state index is 9.78. The van der Waals surface area contributed by atoms with Gasteiger partial charge in [0.2, 0.25) is 0 Å². The second kappa shape index (κ2) is 6.18. The largest absolute Gasteiger partial charge is 0.396 e. The van der Waals surface area contributed by atoms with Gasteiger partial charge >= 0.3 is 0 Å². The molecule has 18 heavy (non-hydrogen) atoms. The van der Waals surface area contributed by atoms with Crippen molar-refractivity contribution in [2.75, 3.05) is 20.2 Å². The van der Waals surface area contributed by atoms with Crippen LogP contribution in [-0.4, -0.2) is 30.2 Å². The summed E-state index contributed by atoms with van der Waals surface area (Å²) in [7, 11) is 2.18. The third kappa shape index (κ3) is 3.56. The fraction of sp³-hybridized carbons (Fsp3) is 0.733. The summed E-state index contributed by atoms with van der Waals surface area (Å²) in [4.78, 5) is 3.78. The first kappa shape index (κ1) is 14.0. The van der Waals surface area contributed by atoms with Crippen LogP contribution in [0.25, 0.3) is 0 Å². The molecule has 1 aliphatic rings. The highest BCUT2D eigenvalue weighted by Crippen LogP contribution is 2.39. The second-order valence-electron chi connectivity index (χ2n) is 6.09. The number of aliphatic hydroxyl groups excluding tert-OH is 1. The van der Waals surface area contributed by atoms with Crippen molar-refractivity contribution in [1.82, 2.24) is 4.90 Å². The monoisotopic (exact) mass is 267 g/mol. The molecule has 0 bridgehead atoms. The maximum Gasteiger partial charge on any atom is 0.0499 e. The van der Waals surface area contributed by atoms with E-state index in [9.17, 15) is 5.11 Å². The van der Waals surface area contributed by atoms with Crippen LogP contribution in [0.1, 0.15) is 37.5 Å². The number of hydrogen-bond acceptors (Lipinski definition) is 3. The molecule has 1 N–H and O–H groups in total. The Labute approximate surface area is 115 Å². The Balaban J connectivity index is 1.89. The van der Waals surface area contributed by atoms with Crippen molar-refractivity contribution < 1.29 is 5.11 Å². The average molecular weight is 267 g/mol. The van der Waals surface area contributed by atoms with Gasteiger partial charge in [-0.3, -0.25) is 0 Å². The minimum atomic E-state index is 0.151. The lowest BCUT2D eigenvalue weighted by Crippen LogP contribution is -2.40. The number of aliphatic hydroxyl groups is 1. The summed E-state index contributed by atoms with van der Waals surface area (Å²) >= 11 is 1.82. The molecule has 0 aliphatic heterocycles. The minimum Gasteiger partial charge on any atom is -0.396 e. The Morgan fingerprint density at radius 3 is 2.72 bits per heavy atom. The molecule has 0 aromatic carbocycles. The fourth-order valence-electron chi connectivity index (χ4n) is 3.04. The number of hydrogen-bond donors (Lipinski definition) is 1. The van der Waals surface area contributed by atoms with E-state index in [2.05, 4.69) is 36.4 Å². The van der Waals surface area contributed by atoms with E-state index in [1.165, 1.54) is 30.6 Å². The lowest BCUT2D eigenvalue weighted by molar-refractivity contribution is 0.0349. The van der Waals surface area contributed by atoms with Gasteiger partial charge in [0.25, 0.3) is 0 Å². The molecule has 1 saturated carbocycles. The smallest absolute Gasteiger partial charge is 0.0499 e. The molecule has 1 fully saturated rings. The molecule has 1 aromatic rings. The van der Waals surface area contributed by atoms with Crippen LogP contribution >= 0.6 is 11.3 Å². The van der Waals surface area contributed by atoms with Crippen LogP contribution in [-0.2, 0) is 6.54 Å². The SMILES string of the molecule is CC1CCC(CO)(CN(C)Cc2cccs2)CC1. The predicted octanol–water partition coefficient (Wildman–Crippen LogP) is 3.37. The van der Waals surface area contributed by atoms with E-state index < -0.39 is 0 Å². The molecule has 3 heteroatoms. The predicted molar refractivity (Wildman–Crippen MR) is 77.8 cm³/mol. The summed E-state index contributed by atoms with van der Waals surface area (Å²) in [5, 5.41) is 11.9. The molecule has 2 rings (SSSR count). The lowest BCUT2D eigenvalue weighted by Gasteiger charge is -2.40. The average Bonchev–Trinajstić information content (AvgIpc) is 2.85. The standard InChI is InChI=1S/C15H25NOS/c1-13-5-7-15(12-17,8-6-13)11-16(2)10-14-4-3-9-18-14/h3-4,9,13,17H,5-8,10-12H2,1-2H3. The summed E-state index contributed by atoms with van der Waals surface area (Å²) in [6.07, 6.45) is 4.90. The van der Waals surface area contributed by atoms with Gasteiger partial charge in [0, 0.05) is 30.0 Å². The van der Waals surface area contributed by atoms with Gasteiger partial charge in [-0.05, 0) is 37.3 Å². The normalized spacial score (nSPS) is 28.8. The highest BCUT2D eigenvalue weighted by molar-refractivity contribution is 7.09. The van der Waals surface area contributed by atoms with E-state index in [1.54, 1.807) is 0 Å². The van der Waals surface area contributed by atoms with Crippen molar-refractivity contribution in [3.63, 3.8) is 0 Å². The lowest BCUT2D eigenvalue weighted by atomic mass is 9.71. The first-order valence-corrected chi connectivity index (χ1v) is 7.83. The quantitative estimate of drug-likeness (QED) is 0.884. The number of rotatable bonds is 5. The Hall–Kier alpha value is -0.380. The summed E-state index contributed by atoms with van der Waals surface area (Å²) in [5.41, 5.74) is 0.151. The zero-order valence-electron chi connectivity index (χ0n) is 11.6. The molecule has 0 radical (unpaired) electrons. The summed E-state index contributed by atoms with van der Waals surface area (Å²) < 4.78 is 0. The molecule has 1 aromatic heterocycles. The van der Waals surface area contributed by atoms with Crippen LogP contribution in [0.4, 0.5) is 0 Å². The van der Waals surface area contributed by atoms with E-state index >= 15 is 0 Å². The number of thiophene rings is 1. The van der Waals surface area contributed by atoms with Crippen molar-refractivity contribution in [1.29, 1.82) is 0 Å². The third-order valence-corrected chi connectivity index (χ3v) is 5.14. The molecule has 1 aliphatic carbocycles. The van der Waals surface area contributed by atoms with E-state index in [-0.39, 0.29) is 5.41 Å². The van der Waals surface area contributed by atoms with Gasteiger partial charge in [0.05, 0.1) is 0 Å². The zero-order valence-corrected chi connectivity index (χ0v) is 12.4. The molecular formula is C15H25NOS. The van der Waals surface area contributed by atoms with Crippen LogP contribution in [0.2, 0.25) is 0 Å². The van der Waals surface area contributed by atoms with Crippen LogP contribution in [0.15, 0.2) is 17.5 Å². The van der Waals surface area contributed by atoms with Gasteiger partial charge in [-0.25, -0.2) is 0 Å². The van der Waals surface area contributed by atoms with Crippen LogP contribution in [0.5, 0.6) is 0 Å². The topological polar surface area (TPSA) is 23.5 Å². The molecular weight excluding hydrogens is 242 g/mol. The minimum absolute atomic E-state index is 0.151. The molecule has 102 valence electrons. The Morgan fingerprint density at radius 1 is 1.44 bits per heavy atom. The first-order chi connectivity index (χ1) is 8.63. The van der Waals surface area contributed by atoms with E-state index in [0.717, 1.165) is 19.0 Å². The van der Waals surface area contributed by atoms with Crippen molar-refractivity contribution >= 4 is 11.3 Å². The first-order valence-electron chi connectivity index (χ1n) is 6.95. The van der Waals surface area contributed by atoms with Gasteiger partial charge in [0.15, 0.2) is 0 Å². The molecule has 1 heterocycles. The van der Waals surface area contributed by atoms with E-state index in [4.69, 9.17) is 0 Å². The Bertz CT molecular complexity index is 341. The van der Waals surface area contributed by atoms with Crippen molar-refractivity contribution in [2.24, 2.45) is 11.3 Å². The molecule has 0 unspecified atom stereocenters. The van der Waals surface area contributed by atoms with Crippen molar-refractivity contribution in [2.45, 2.75) is 39.2 Å². The molecule has 0 amide bonds. The fourth-order valence-corrected chi connectivity index (χ4v) is 3.82. The van der Waals surface area contributed by atoms with Crippen LogP contribution in [0, 0.1) is 11.3 Å². The molecule has 0 saturated heterocycles. The molecule has 2 nitrogen and oxygen atoms in total. The van der Waals surface area contributed by atoms with Gasteiger partial charge in [-0.2, -0.15) is 0 Å². The molecule has 0 atom stereocenters. The van der Waals surface area contributed by atoms with Gasteiger partial charge in [-0.15, -0.1) is 11.3 Å². The van der Waals surface area contributed by atoms with E-state index in [1.807, 2.05) is 11.3 Å². The van der Waals surface area contributed by atoms with Crippen LogP contribution in [0.3, 0.4) is 0 Å². The maximum atomic E-state index is 9.78. The summed E-state index contributed by atoms with van der Waals surface area (Å²) in [5.74, 6) is 0.840. The van der Waals surface area contributed by atoms with Crippen LogP contribution < -0.4 is 0 Å². The molecule has 0 spiro atoms. The third-order valence-electron chi connectivity index (χ3n) is 4.28. The van der Waals surface area contributed by atoms with Crippen molar-refractivity contribution in [3.8, 4) is 0 Å². The van der Waals surface area contributed by atoms with Gasteiger partial charge in [0.1, 0.15) is 0 Å².